The molecule has 140 valence electrons. The van der Waals surface area contributed by atoms with E-state index in [1.165, 1.54) is 0 Å². The second kappa shape index (κ2) is 7.28. The zero-order valence-corrected chi connectivity index (χ0v) is 16.0. The maximum absolute atomic E-state index is 12.7. The third-order valence-corrected chi connectivity index (χ3v) is 5.82. The summed E-state index contributed by atoms with van der Waals surface area (Å²) in [5.74, 6) is 0.591. The highest BCUT2D eigenvalue weighted by atomic mass is 16.2. The zero-order valence-electron chi connectivity index (χ0n) is 16.0. The van der Waals surface area contributed by atoms with Gasteiger partial charge in [-0.3, -0.25) is 9.59 Å². The lowest BCUT2D eigenvalue weighted by atomic mass is 10.00. The van der Waals surface area contributed by atoms with Gasteiger partial charge >= 0.3 is 0 Å². The van der Waals surface area contributed by atoms with Crippen molar-refractivity contribution >= 4 is 11.7 Å². The fraction of sp³-hybridized carbons (Fsp3) is 0.391. The van der Waals surface area contributed by atoms with E-state index < -0.39 is 0 Å². The van der Waals surface area contributed by atoms with Crippen molar-refractivity contribution in [2.75, 3.05) is 27.2 Å². The number of benzene rings is 2. The largest absolute Gasteiger partial charge is 0.337 e. The fourth-order valence-corrected chi connectivity index (χ4v) is 3.81. The third-order valence-electron chi connectivity index (χ3n) is 5.82. The van der Waals surface area contributed by atoms with Gasteiger partial charge in [0.2, 0.25) is 0 Å². The van der Waals surface area contributed by atoms with E-state index in [0.29, 0.717) is 6.04 Å². The minimum absolute atomic E-state index is 0.0761. The average Bonchev–Trinajstić information content (AvgIpc) is 3.47. The molecule has 4 rings (SSSR count). The summed E-state index contributed by atoms with van der Waals surface area (Å²) < 4.78 is 0. The summed E-state index contributed by atoms with van der Waals surface area (Å²) in [7, 11) is 3.99. The van der Waals surface area contributed by atoms with Crippen molar-refractivity contribution in [3.05, 3.63) is 59.7 Å². The summed E-state index contributed by atoms with van der Waals surface area (Å²) in [4.78, 5) is 29.0. The van der Waals surface area contributed by atoms with Gasteiger partial charge in [-0.25, -0.2) is 0 Å². The molecule has 1 saturated heterocycles. The molecule has 0 aromatic heterocycles. The van der Waals surface area contributed by atoms with Crippen LogP contribution in [-0.2, 0) is 0 Å². The molecule has 0 radical (unpaired) electrons. The van der Waals surface area contributed by atoms with Crippen LogP contribution < -0.4 is 0 Å². The van der Waals surface area contributed by atoms with Crippen LogP contribution in [0.3, 0.4) is 0 Å². The average molecular weight is 362 g/mol. The second-order valence-electron chi connectivity index (χ2n) is 7.91. The van der Waals surface area contributed by atoms with Crippen molar-refractivity contribution in [2.45, 2.75) is 25.3 Å². The van der Waals surface area contributed by atoms with Crippen LogP contribution in [0.15, 0.2) is 48.5 Å². The highest BCUT2D eigenvalue weighted by Crippen LogP contribution is 2.33. The number of rotatable bonds is 5. The van der Waals surface area contributed by atoms with Crippen molar-refractivity contribution in [1.29, 1.82) is 0 Å². The number of carbonyl (C=O) groups excluding carboxylic acids is 2. The molecule has 2 aliphatic rings. The van der Waals surface area contributed by atoms with Gasteiger partial charge in [-0.05, 0) is 56.1 Å². The standard InChI is InChI=1S/C23H26N2O2/c1-24-14-13-21(15-24)25(2)23(27)20-11-5-17(6-12-20)16-3-7-18(8-4-16)22(26)19-9-10-19/h3-8,11-12,19,21H,9-10,13-15H2,1-2H3/t21-/m0/s1. The predicted molar refractivity (Wildman–Crippen MR) is 107 cm³/mol. The number of hydrogen-bond acceptors (Lipinski definition) is 3. The van der Waals surface area contributed by atoms with E-state index in [1.54, 1.807) is 0 Å². The smallest absolute Gasteiger partial charge is 0.253 e. The highest BCUT2D eigenvalue weighted by Gasteiger charge is 2.30. The monoisotopic (exact) mass is 362 g/mol. The van der Waals surface area contributed by atoms with Gasteiger partial charge in [0.15, 0.2) is 5.78 Å². The van der Waals surface area contributed by atoms with Gasteiger partial charge in [0, 0.05) is 36.7 Å². The van der Waals surface area contributed by atoms with Crippen LogP contribution in [0, 0.1) is 5.92 Å². The highest BCUT2D eigenvalue weighted by molar-refractivity contribution is 5.99. The number of hydrogen-bond donors (Lipinski definition) is 0. The molecule has 1 aliphatic heterocycles. The Morgan fingerprint density at radius 3 is 1.93 bits per heavy atom. The molecule has 2 fully saturated rings. The van der Waals surface area contributed by atoms with Crippen LogP contribution in [0.1, 0.15) is 40.0 Å². The molecule has 27 heavy (non-hydrogen) atoms. The van der Waals surface area contributed by atoms with Gasteiger partial charge in [-0.15, -0.1) is 0 Å². The molecule has 1 aliphatic carbocycles. The third kappa shape index (κ3) is 3.81. The van der Waals surface area contributed by atoms with Crippen molar-refractivity contribution < 1.29 is 9.59 Å². The Morgan fingerprint density at radius 1 is 0.889 bits per heavy atom. The molecule has 2 aromatic rings. The van der Waals surface area contributed by atoms with Gasteiger partial charge < -0.3 is 9.80 Å². The number of likely N-dealkylation sites (tertiary alicyclic amines) is 1. The van der Waals surface area contributed by atoms with E-state index in [1.807, 2.05) is 60.5 Å². The molecular formula is C23H26N2O2. The summed E-state index contributed by atoms with van der Waals surface area (Å²) in [6.07, 6.45) is 3.09. The van der Waals surface area contributed by atoms with E-state index in [2.05, 4.69) is 11.9 Å². The van der Waals surface area contributed by atoms with Crippen molar-refractivity contribution in [1.82, 2.24) is 9.80 Å². The first kappa shape index (κ1) is 17.9. The van der Waals surface area contributed by atoms with E-state index >= 15 is 0 Å². The Bertz CT molecular complexity index is 838. The number of ketones is 1. The molecular weight excluding hydrogens is 336 g/mol. The molecule has 4 nitrogen and oxygen atoms in total. The first-order valence-corrected chi connectivity index (χ1v) is 9.73. The normalized spacial score (nSPS) is 19.9. The Labute approximate surface area is 160 Å². The van der Waals surface area contributed by atoms with Gasteiger partial charge in [-0.1, -0.05) is 36.4 Å². The SMILES string of the molecule is CN1CC[C@H](N(C)C(=O)c2ccc(-c3ccc(C(=O)C4CC4)cc3)cc2)C1. The summed E-state index contributed by atoms with van der Waals surface area (Å²) in [5, 5.41) is 0. The van der Waals surface area contributed by atoms with Gasteiger partial charge in [-0.2, -0.15) is 0 Å². The molecule has 1 atom stereocenters. The molecule has 1 amide bonds. The van der Waals surface area contributed by atoms with Crippen molar-refractivity contribution in [2.24, 2.45) is 5.92 Å². The van der Waals surface area contributed by atoms with Gasteiger partial charge in [0.05, 0.1) is 0 Å². The molecule has 0 bridgehead atoms. The number of nitrogens with zero attached hydrogens (tertiary/aromatic N) is 2. The molecule has 1 heterocycles. The van der Waals surface area contributed by atoms with Crippen LogP contribution in [0.5, 0.6) is 0 Å². The summed E-state index contributed by atoms with van der Waals surface area (Å²) in [6, 6.07) is 15.9. The van der Waals surface area contributed by atoms with Gasteiger partial charge in [0.25, 0.3) is 5.91 Å². The summed E-state index contributed by atoms with van der Waals surface area (Å²) in [6.45, 7) is 1.98. The number of likely N-dealkylation sites (N-methyl/N-ethyl adjacent to an activating group) is 2. The summed E-state index contributed by atoms with van der Waals surface area (Å²) >= 11 is 0. The minimum atomic E-state index is 0.0761. The number of amides is 1. The molecule has 1 saturated carbocycles. The van der Waals surface area contributed by atoms with Crippen LogP contribution in [0.4, 0.5) is 0 Å². The van der Waals surface area contributed by atoms with E-state index in [-0.39, 0.29) is 17.6 Å². The Morgan fingerprint density at radius 2 is 1.44 bits per heavy atom. The lowest BCUT2D eigenvalue weighted by Crippen LogP contribution is -2.38. The first-order valence-electron chi connectivity index (χ1n) is 9.73. The van der Waals surface area contributed by atoms with Crippen LogP contribution in [0.2, 0.25) is 0 Å². The van der Waals surface area contributed by atoms with Crippen LogP contribution in [-0.4, -0.2) is 54.7 Å². The van der Waals surface area contributed by atoms with Crippen LogP contribution >= 0.6 is 0 Å². The molecule has 0 spiro atoms. The van der Waals surface area contributed by atoms with E-state index in [9.17, 15) is 9.59 Å². The molecule has 0 N–H and O–H groups in total. The molecule has 4 heteroatoms. The summed E-state index contributed by atoms with van der Waals surface area (Å²) in [5.41, 5.74) is 3.64. The fourth-order valence-electron chi connectivity index (χ4n) is 3.81. The van der Waals surface area contributed by atoms with Gasteiger partial charge in [0.1, 0.15) is 0 Å². The van der Waals surface area contributed by atoms with Crippen LogP contribution in [0.25, 0.3) is 11.1 Å². The van der Waals surface area contributed by atoms with E-state index in [0.717, 1.165) is 54.6 Å². The molecule has 2 aromatic carbocycles. The zero-order chi connectivity index (χ0) is 19.0. The second-order valence-corrected chi connectivity index (χ2v) is 7.91. The maximum atomic E-state index is 12.7. The Kier molecular flexibility index (Phi) is 4.83. The Hall–Kier alpha value is -2.46. The maximum Gasteiger partial charge on any atom is 0.253 e. The van der Waals surface area contributed by atoms with E-state index in [4.69, 9.17) is 0 Å². The van der Waals surface area contributed by atoms with Crippen molar-refractivity contribution in [3.8, 4) is 11.1 Å². The number of carbonyl (C=O) groups is 2. The predicted octanol–water partition coefficient (Wildman–Crippen LogP) is 3.72. The lowest BCUT2D eigenvalue weighted by molar-refractivity contribution is 0.0737. The minimum Gasteiger partial charge on any atom is -0.337 e. The first-order chi connectivity index (χ1) is 13.0. The lowest BCUT2D eigenvalue weighted by Gasteiger charge is -2.24. The van der Waals surface area contributed by atoms with Crippen molar-refractivity contribution in [3.63, 3.8) is 0 Å². The quantitative estimate of drug-likeness (QED) is 0.761. The number of Topliss-reactive ketones (excluding diaryl/α,β-unsaturated/α-hetero) is 1. The molecule has 0 unspecified atom stereocenters. The topological polar surface area (TPSA) is 40.6 Å². The Balaban J connectivity index is 1.45.